The van der Waals surface area contributed by atoms with Gasteiger partial charge in [0, 0.05) is 0 Å². The number of benzene rings is 2. The predicted molar refractivity (Wildman–Crippen MR) is 76.4 cm³/mol. The Balaban J connectivity index is 1.77. The normalized spacial score (nSPS) is 10.8. The maximum Gasteiger partial charge on any atom is 0.281 e. The summed E-state index contributed by atoms with van der Waals surface area (Å²) >= 11 is 0. The lowest BCUT2D eigenvalue weighted by molar-refractivity contribution is -0.681. The summed E-state index contributed by atoms with van der Waals surface area (Å²) in [5, 5.41) is 9.44. The van der Waals surface area contributed by atoms with E-state index < -0.39 is 0 Å². The van der Waals surface area contributed by atoms with Crippen LogP contribution < -0.4 is 9.30 Å². The molecule has 0 atom stereocenters. The van der Waals surface area contributed by atoms with Gasteiger partial charge in [0.2, 0.25) is 0 Å². The molecule has 0 unspecified atom stereocenters. The highest BCUT2D eigenvalue weighted by molar-refractivity contribution is 5.70. The first-order chi connectivity index (χ1) is 9.88. The third-order valence-corrected chi connectivity index (χ3v) is 3.28. The van der Waals surface area contributed by atoms with Crippen LogP contribution in [0.1, 0.15) is 5.82 Å². The molecule has 0 saturated carbocycles. The molecule has 0 radical (unpaired) electrons. The maximum atomic E-state index is 9.44. The van der Waals surface area contributed by atoms with Crippen LogP contribution in [-0.2, 0) is 13.2 Å². The van der Waals surface area contributed by atoms with Crippen LogP contribution in [0.25, 0.3) is 11.0 Å². The van der Waals surface area contributed by atoms with Crippen LogP contribution in [0, 0.1) is 0 Å². The molecule has 0 aliphatic heterocycles. The van der Waals surface area contributed by atoms with Crippen molar-refractivity contribution in [2.75, 3.05) is 6.61 Å². The molecule has 20 heavy (non-hydrogen) atoms. The number of para-hydroxylation sites is 3. The number of aliphatic hydroxyl groups excluding tert-OH is 1. The van der Waals surface area contributed by atoms with Crippen LogP contribution in [0.3, 0.4) is 0 Å². The van der Waals surface area contributed by atoms with E-state index in [1.807, 2.05) is 54.6 Å². The summed E-state index contributed by atoms with van der Waals surface area (Å²) in [5.41, 5.74) is 2.10. The predicted octanol–water partition coefficient (Wildman–Crippen LogP) is 2.03. The number of nitrogens with one attached hydrogen (secondary N) is 1. The molecule has 0 spiro atoms. The number of aromatic nitrogens is 2. The topological polar surface area (TPSA) is 49.1 Å². The van der Waals surface area contributed by atoms with Crippen molar-refractivity contribution in [2.45, 2.75) is 13.2 Å². The first-order valence-electron chi connectivity index (χ1n) is 6.66. The smallest absolute Gasteiger partial charge is 0.281 e. The molecule has 1 aromatic heterocycles. The Bertz CT molecular complexity index is 692. The van der Waals surface area contributed by atoms with E-state index in [0.29, 0.717) is 13.2 Å². The number of aliphatic hydroxyl groups is 1. The van der Waals surface area contributed by atoms with Crippen molar-refractivity contribution < 1.29 is 14.4 Å². The monoisotopic (exact) mass is 269 g/mol. The average molecular weight is 269 g/mol. The van der Waals surface area contributed by atoms with E-state index >= 15 is 0 Å². The average Bonchev–Trinajstić information content (AvgIpc) is 2.87. The zero-order chi connectivity index (χ0) is 13.8. The second-order valence-corrected chi connectivity index (χ2v) is 4.56. The Morgan fingerprint density at radius 1 is 1.00 bits per heavy atom. The fraction of sp³-hybridized carbons (Fsp3) is 0.188. The summed E-state index contributed by atoms with van der Waals surface area (Å²) in [6.07, 6.45) is 0. The molecule has 0 bridgehead atoms. The van der Waals surface area contributed by atoms with Crippen molar-refractivity contribution in [2.24, 2.45) is 0 Å². The van der Waals surface area contributed by atoms with Gasteiger partial charge < -0.3 is 9.84 Å². The Kier molecular flexibility index (Phi) is 3.65. The molecule has 3 rings (SSSR count). The van der Waals surface area contributed by atoms with Crippen molar-refractivity contribution in [1.82, 2.24) is 4.98 Å². The largest absolute Gasteiger partial charge is 0.489 e. The zero-order valence-electron chi connectivity index (χ0n) is 11.1. The number of imidazole rings is 1. The third-order valence-electron chi connectivity index (χ3n) is 3.28. The molecule has 0 fully saturated rings. The lowest BCUT2D eigenvalue weighted by Crippen LogP contribution is -2.39. The Labute approximate surface area is 117 Å². The van der Waals surface area contributed by atoms with Gasteiger partial charge in [0.1, 0.15) is 25.5 Å². The molecule has 102 valence electrons. The molecule has 3 aromatic rings. The molecule has 0 saturated heterocycles. The second kappa shape index (κ2) is 5.75. The van der Waals surface area contributed by atoms with Crippen LogP contribution in [0.2, 0.25) is 0 Å². The van der Waals surface area contributed by atoms with Crippen molar-refractivity contribution in [3.05, 3.63) is 60.4 Å². The Morgan fingerprint density at radius 3 is 2.55 bits per heavy atom. The number of hydrogen-bond acceptors (Lipinski definition) is 2. The van der Waals surface area contributed by atoms with Crippen molar-refractivity contribution in [3.8, 4) is 5.75 Å². The number of H-pyrrole nitrogens is 1. The molecular weight excluding hydrogens is 252 g/mol. The van der Waals surface area contributed by atoms with Crippen molar-refractivity contribution in [1.29, 1.82) is 0 Å². The third kappa shape index (κ3) is 2.51. The molecule has 2 aromatic carbocycles. The molecule has 0 aliphatic rings. The van der Waals surface area contributed by atoms with E-state index in [9.17, 15) is 5.11 Å². The number of hydrogen-bond donors (Lipinski definition) is 2. The molecule has 4 nitrogen and oxygen atoms in total. The van der Waals surface area contributed by atoms with Gasteiger partial charge >= 0.3 is 0 Å². The van der Waals surface area contributed by atoms with Crippen LogP contribution in [0.4, 0.5) is 0 Å². The standard InChI is InChI=1S/C16H16N2O2/c19-12-16-17-14-8-4-5-9-15(14)18(16)10-11-20-13-6-2-1-3-7-13/h1-9,19H,10-12H2/p+1. The van der Waals surface area contributed by atoms with Crippen LogP contribution in [0.5, 0.6) is 5.75 Å². The molecule has 2 N–H and O–H groups in total. The van der Waals surface area contributed by atoms with Crippen molar-refractivity contribution >= 4 is 11.0 Å². The Morgan fingerprint density at radius 2 is 1.75 bits per heavy atom. The van der Waals surface area contributed by atoms with Gasteiger partial charge in [-0.2, -0.15) is 0 Å². The highest BCUT2D eigenvalue weighted by Crippen LogP contribution is 2.10. The van der Waals surface area contributed by atoms with E-state index in [4.69, 9.17) is 4.74 Å². The maximum absolute atomic E-state index is 9.44. The van der Waals surface area contributed by atoms with Crippen LogP contribution >= 0.6 is 0 Å². The molecule has 0 amide bonds. The van der Waals surface area contributed by atoms with Gasteiger partial charge in [-0.3, -0.25) is 0 Å². The SMILES string of the molecule is OCc1[nH]c2ccccc2[n+]1CCOc1ccccc1. The zero-order valence-corrected chi connectivity index (χ0v) is 11.1. The second-order valence-electron chi connectivity index (χ2n) is 4.56. The lowest BCUT2D eigenvalue weighted by Gasteiger charge is -2.05. The summed E-state index contributed by atoms with van der Waals surface area (Å²) in [6, 6.07) is 17.7. The van der Waals surface area contributed by atoms with Crippen molar-refractivity contribution in [3.63, 3.8) is 0 Å². The number of aromatic amines is 1. The molecule has 4 heteroatoms. The first-order valence-corrected chi connectivity index (χ1v) is 6.66. The number of ether oxygens (including phenoxy) is 1. The van der Waals surface area contributed by atoms with Gasteiger partial charge in [0.15, 0.2) is 11.0 Å². The van der Waals surface area contributed by atoms with Gasteiger partial charge in [-0.1, -0.05) is 30.3 Å². The van der Waals surface area contributed by atoms with Gasteiger partial charge in [-0.15, -0.1) is 0 Å². The highest BCUT2D eigenvalue weighted by atomic mass is 16.5. The van der Waals surface area contributed by atoms with Crippen LogP contribution in [0.15, 0.2) is 54.6 Å². The van der Waals surface area contributed by atoms with Gasteiger partial charge in [0.05, 0.1) is 0 Å². The Hall–Kier alpha value is -2.33. The van der Waals surface area contributed by atoms with E-state index in [1.54, 1.807) is 0 Å². The molecule has 1 heterocycles. The summed E-state index contributed by atoms with van der Waals surface area (Å²) in [5.74, 6) is 1.65. The summed E-state index contributed by atoms with van der Waals surface area (Å²) in [7, 11) is 0. The first kappa shape index (κ1) is 12.7. The lowest BCUT2D eigenvalue weighted by atomic mass is 10.3. The minimum absolute atomic E-state index is 0.0139. The minimum Gasteiger partial charge on any atom is -0.489 e. The fourth-order valence-electron chi connectivity index (χ4n) is 2.33. The minimum atomic E-state index is -0.0139. The molecular formula is C16H17N2O2+. The van der Waals surface area contributed by atoms with Gasteiger partial charge in [0.25, 0.3) is 5.82 Å². The van der Waals surface area contributed by atoms with Gasteiger partial charge in [-0.25, -0.2) is 9.55 Å². The number of fused-ring (bicyclic) bond motifs is 1. The number of nitrogens with zero attached hydrogens (tertiary/aromatic N) is 1. The van der Waals surface area contributed by atoms with Gasteiger partial charge in [-0.05, 0) is 24.3 Å². The summed E-state index contributed by atoms with van der Waals surface area (Å²) in [4.78, 5) is 3.22. The van der Waals surface area contributed by atoms with E-state index in [0.717, 1.165) is 22.6 Å². The summed E-state index contributed by atoms with van der Waals surface area (Å²) < 4.78 is 7.77. The fourth-order valence-corrected chi connectivity index (χ4v) is 2.33. The van der Waals surface area contributed by atoms with Crippen LogP contribution in [-0.4, -0.2) is 16.7 Å². The van der Waals surface area contributed by atoms with E-state index in [2.05, 4.69) is 9.55 Å². The summed E-state index contributed by atoms with van der Waals surface area (Å²) in [6.45, 7) is 1.23. The van der Waals surface area contributed by atoms with E-state index in [1.165, 1.54) is 0 Å². The number of rotatable bonds is 5. The molecule has 0 aliphatic carbocycles. The highest BCUT2D eigenvalue weighted by Gasteiger charge is 2.16. The van der Waals surface area contributed by atoms with E-state index in [-0.39, 0.29) is 6.61 Å². The quantitative estimate of drug-likeness (QED) is 0.696.